The van der Waals surface area contributed by atoms with Crippen LogP contribution in [0, 0.1) is 0 Å². The van der Waals surface area contributed by atoms with Crippen LogP contribution in [0.5, 0.6) is 0 Å². The van der Waals surface area contributed by atoms with Crippen molar-refractivity contribution in [3.05, 3.63) is 53.3 Å². The van der Waals surface area contributed by atoms with E-state index in [0.29, 0.717) is 6.54 Å². The van der Waals surface area contributed by atoms with Crippen molar-refractivity contribution in [3.8, 4) is 0 Å². The number of likely N-dealkylation sites (N-methyl/N-ethyl adjacent to an activating group) is 1. The molecular formula is C24H40IN7. The fraction of sp³-hybridized carbons (Fsp3) is 0.583. The summed E-state index contributed by atoms with van der Waals surface area (Å²) in [4.78, 5) is 9.57. The summed E-state index contributed by atoms with van der Waals surface area (Å²) in [6.07, 6.45) is 8.06. The molecule has 0 bridgehead atoms. The number of piperidine rings is 1. The van der Waals surface area contributed by atoms with Crippen molar-refractivity contribution in [3.63, 3.8) is 0 Å². The van der Waals surface area contributed by atoms with E-state index in [-0.39, 0.29) is 30.0 Å². The third kappa shape index (κ3) is 8.37. The Labute approximate surface area is 210 Å². The molecule has 0 radical (unpaired) electrons. The number of aryl methyl sites for hydroxylation is 1. The molecule has 178 valence electrons. The maximum absolute atomic E-state index is 4.80. The number of nitrogens with one attached hydrogen (secondary N) is 2. The second-order valence-corrected chi connectivity index (χ2v) is 8.66. The van der Waals surface area contributed by atoms with E-state index in [2.05, 4.69) is 77.0 Å². The molecule has 1 aliphatic heterocycles. The number of likely N-dealkylation sites (tertiary alicyclic amines) is 1. The van der Waals surface area contributed by atoms with Gasteiger partial charge in [0.15, 0.2) is 5.96 Å². The summed E-state index contributed by atoms with van der Waals surface area (Å²) >= 11 is 0. The number of benzene rings is 1. The third-order valence-corrected chi connectivity index (χ3v) is 5.84. The number of aliphatic imine (C=N–C) groups is 1. The van der Waals surface area contributed by atoms with E-state index >= 15 is 0 Å². The van der Waals surface area contributed by atoms with Crippen LogP contribution in [0.2, 0.25) is 0 Å². The van der Waals surface area contributed by atoms with Gasteiger partial charge in [0.25, 0.3) is 0 Å². The highest BCUT2D eigenvalue weighted by molar-refractivity contribution is 14.0. The molecule has 2 N–H and O–H groups in total. The molecule has 2 heterocycles. The van der Waals surface area contributed by atoms with Gasteiger partial charge in [-0.1, -0.05) is 30.7 Å². The zero-order chi connectivity index (χ0) is 22.1. The maximum atomic E-state index is 4.80. The molecule has 1 unspecified atom stereocenters. The number of hydrogen-bond acceptors (Lipinski definition) is 4. The molecule has 1 atom stereocenters. The molecule has 8 heteroatoms. The van der Waals surface area contributed by atoms with Crippen molar-refractivity contribution in [1.82, 2.24) is 30.2 Å². The predicted molar refractivity (Wildman–Crippen MR) is 143 cm³/mol. The van der Waals surface area contributed by atoms with Gasteiger partial charge in [0, 0.05) is 38.4 Å². The van der Waals surface area contributed by atoms with Gasteiger partial charge in [-0.2, -0.15) is 5.10 Å². The zero-order valence-electron chi connectivity index (χ0n) is 20.0. The number of aromatic nitrogens is 2. The Morgan fingerprint density at radius 2 is 1.78 bits per heavy atom. The Morgan fingerprint density at radius 1 is 1.09 bits per heavy atom. The lowest BCUT2D eigenvalue weighted by Gasteiger charge is -2.26. The molecule has 1 aliphatic rings. The normalized spacial score (nSPS) is 16.0. The molecule has 1 aromatic carbocycles. The van der Waals surface area contributed by atoms with Gasteiger partial charge >= 0.3 is 0 Å². The third-order valence-electron chi connectivity index (χ3n) is 5.84. The van der Waals surface area contributed by atoms with Crippen molar-refractivity contribution in [2.24, 2.45) is 12.0 Å². The van der Waals surface area contributed by atoms with Crippen LogP contribution in [0.25, 0.3) is 0 Å². The summed E-state index contributed by atoms with van der Waals surface area (Å²) in [6, 6.07) is 9.16. The van der Waals surface area contributed by atoms with Gasteiger partial charge in [-0.15, -0.1) is 24.0 Å². The molecule has 1 fully saturated rings. The Balaban J connectivity index is 0.00000363. The Kier molecular flexibility index (Phi) is 11.5. The number of nitrogens with zero attached hydrogens (tertiary/aromatic N) is 5. The van der Waals surface area contributed by atoms with Gasteiger partial charge in [0.2, 0.25) is 0 Å². The second-order valence-electron chi connectivity index (χ2n) is 8.66. The van der Waals surface area contributed by atoms with Crippen LogP contribution < -0.4 is 10.6 Å². The van der Waals surface area contributed by atoms with Gasteiger partial charge < -0.3 is 15.5 Å². The van der Waals surface area contributed by atoms with Crippen LogP contribution in [0.4, 0.5) is 0 Å². The smallest absolute Gasteiger partial charge is 0.191 e. The molecule has 7 nitrogen and oxygen atoms in total. The molecule has 0 saturated carbocycles. The molecule has 0 spiro atoms. The first-order valence-electron chi connectivity index (χ1n) is 11.5. The largest absolute Gasteiger partial charge is 0.357 e. The number of guanidine groups is 1. The molecular weight excluding hydrogens is 513 g/mol. The lowest BCUT2D eigenvalue weighted by atomic mass is 10.1. The van der Waals surface area contributed by atoms with E-state index < -0.39 is 0 Å². The molecule has 2 aromatic rings. The minimum atomic E-state index is 0. The van der Waals surface area contributed by atoms with Crippen LogP contribution in [-0.4, -0.2) is 65.8 Å². The first kappa shape index (κ1) is 26.6. The predicted octanol–water partition coefficient (Wildman–Crippen LogP) is 3.38. The monoisotopic (exact) mass is 553 g/mol. The van der Waals surface area contributed by atoms with Crippen molar-refractivity contribution >= 4 is 29.9 Å². The van der Waals surface area contributed by atoms with Gasteiger partial charge in [0.1, 0.15) is 0 Å². The van der Waals surface area contributed by atoms with Crippen LogP contribution in [0.15, 0.2) is 41.7 Å². The summed E-state index contributed by atoms with van der Waals surface area (Å²) in [5, 5.41) is 11.2. The molecule has 1 aromatic heterocycles. The molecule has 0 amide bonds. The number of rotatable bonds is 9. The maximum Gasteiger partial charge on any atom is 0.191 e. The van der Waals surface area contributed by atoms with E-state index in [0.717, 1.165) is 25.6 Å². The first-order chi connectivity index (χ1) is 15.0. The van der Waals surface area contributed by atoms with E-state index in [1.54, 1.807) is 0 Å². The molecule has 32 heavy (non-hydrogen) atoms. The van der Waals surface area contributed by atoms with E-state index in [1.807, 2.05) is 17.9 Å². The topological polar surface area (TPSA) is 60.7 Å². The molecule has 0 aliphatic carbocycles. The highest BCUT2D eigenvalue weighted by Gasteiger charge is 2.16. The standard InChI is InChI=1S/C24H39N7.HI/c1-5-25-24(27-17-23(29(2)3)22-16-28-30(4)19-22)26-15-20-9-11-21(12-10-20)18-31-13-7-6-8-14-31;/h9-12,16,19,23H,5-8,13-15,17-18H2,1-4H3,(H2,25,26,27);1H. The van der Waals surface area contributed by atoms with Gasteiger partial charge in [-0.05, 0) is 58.1 Å². The summed E-state index contributed by atoms with van der Waals surface area (Å²) in [6.45, 7) is 7.89. The van der Waals surface area contributed by atoms with Crippen LogP contribution in [-0.2, 0) is 20.1 Å². The fourth-order valence-electron chi connectivity index (χ4n) is 4.04. The van der Waals surface area contributed by atoms with Crippen LogP contribution >= 0.6 is 24.0 Å². The summed E-state index contributed by atoms with van der Waals surface area (Å²) in [5.41, 5.74) is 3.82. The summed E-state index contributed by atoms with van der Waals surface area (Å²) < 4.78 is 1.85. The molecule has 1 saturated heterocycles. The quantitative estimate of drug-likeness (QED) is 0.283. The fourth-order valence-corrected chi connectivity index (χ4v) is 4.04. The Bertz CT molecular complexity index is 810. The van der Waals surface area contributed by atoms with Gasteiger partial charge in [0.05, 0.1) is 18.8 Å². The lowest BCUT2D eigenvalue weighted by molar-refractivity contribution is 0.221. The Hall–Kier alpha value is -1.65. The van der Waals surface area contributed by atoms with Crippen molar-refractivity contribution in [2.45, 2.75) is 45.3 Å². The number of halogens is 1. The summed E-state index contributed by atoms with van der Waals surface area (Å²) in [7, 11) is 6.14. The van der Waals surface area contributed by atoms with Gasteiger partial charge in [-0.25, -0.2) is 4.99 Å². The summed E-state index contributed by atoms with van der Waals surface area (Å²) in [5.74, 6) is 0.843. The first-order valence-corrected chi connectivity index (χ1v) is 11.5. The van der Waals surface area contributed by atoms with Crippen molar-refractivity contribution in [1.29, 1.82) is 0 Å². The minimum Gasteiger partial charge on any atom is -0.357 e. The Morgan fingerprint density at radius 3 is 2.38 bits per heavy atom. The lowest BCUT2D eigenvalue weighted by Crippen LogP contribution is -2.41. The highest BCUT2D eigenvalue weighted by atomic mass is 127. The number of hydrogen-bond donors (Lipinski definition) is 2. The molecule has 3 rings (SSSR count). The van der Waals surface area contributed by atoms with Crippen LogP contribution in [0.3, 0.4) is 0 Å². The van der Waals surface area contributed by atoms with Crippen molar-refractivity contribution < 1.29 is 0 Å². The second kappa shape index (κ2) is 13.8. The minimum absolute atomic E-state index is 0. The van der Waals surface area contributed by atoms with Crippen LogP contribution in [0.1, 0.15) is 48.9 Å². The van der Waals surface area contributed by atoms with Gasteiger partial charge in [-0.3, -0.25) is 9.58 Å². The average molecular weight is 554 g/mol. The SMILES string of the molecule is CCNC(=NCc1ccc(CN2CCCCC2)cc1)NCC(c1cnn(C)c1)N(C)C.I. The van der Waals surface area contributed by atoms with E-state index in [1.165, 1.54) is 49.0 Å². The zero-order valence-corrected chi connectivity index (χ0v) is 22.4. The van der Waals surface area contributed by atoms with Crippen molar-refractivity contribution in [2.75, 3.05) is 40.3 Å². The average Bonchev–Trinajstić information content (AvgIpc) is 3.19. The van der Waals surface area contributed by atoms with E-state index in [9.17, 15) is 0 Å². The highest BCUT2D eigenvalue weighted by Crippen LogP contribution is 2.16. The van der Waals surface area contributed by atoms with E-state index in [4.69, 9.17) is 4.99 Å².